The first kappa shape index (κ1) is 16.1. The Morgan fingerprint density at radius 3 is 2.76 bits per heavy atom. The van der Waals surface area contributed by atoms with Gasteiger partial charge in [-0.1, -0.05) is 11.6 Å². The highest BCUT2D eigenvalue weighted by atomic mass is 35.5. The monoisotopic (exact) mass is 328 g/mol. The highest BCUT2D eigenvalue weighted by molar-refractivity contribution is 8.00. The highest BCUT2D eigenvalue weighted by Crippen LogP contribution is 2.22. The average Bonchev–Trinajstić information content (AvgIpc) is 2.48. The van der Waals surface area contributed by atoms with Crippen LogP contribution in [0.3, 0.4) is 0 Å². The summed E-state index contributed by atoms with van der Waals surface area (Å²) in [5.74, 6) is -0.868. The molecule has 0 unspecified atom stereocenters. The third-order valence-corrected chi connectivity index (χ3v) is 4.92. The normalized spacial score (nSPS) is 15.7. The van der Waals surface area contributed by atoms with E-state index in [4.69, 9.17) is 16.7 Å². The van der Waals surface area contributed by atoms with E-state index in [1.165, 1.54) is 12.1 Å². The van der Waals surface area contributed by atoms with Gasteiger partial charge >= 0.3 is 5.97 Å². The zero-order valence-corrected chi connectivity index (χ0v) is 13.0. The van der Waals surface area contributed by atoms with Gasteiger partial charge in [0.05, 0.1) is 16.3 Å². The first-order valence-corrected chi connectivity index (χ1v) is 8.14. The number of hydrogen-bond donors (Lipinski definition) is 3. The van der Waals surface area contributed by atoms with E-state index < -0.39 is 5.97 Å². The van der Waals surface area contributed by atoms with Gasteiger partial charge in [0.2, 0.25) is 5.91 Å². The van der Waals surface area contributed by atoms with Crippen molar-refractivity contribution in [1.82, 2.24) is 5.32 Å². The first-order valence-electron chi connectivity index (χ1n) is 6.71. The molecule has 0 aromatic heterocycles. The van der Waals surface area contributed by atoms with Gasteiger partial charge in [0.1, 0.15) is 0 Å². The quantitative estimate of drug-likeness (QED) is 0.774. The fourth-order valence-corrected chi connectivity index (χ4v) is 3.35. The predicted molar refractivity (Wildman–Crippen MR) is 85.4 cm³/mol. The molecule has 0 spiro atoms. The molecule has 1 aliphatic heterocycles. The second-order valence-electron chi connectivity index (χ2n) is 4.81. The lowest BCUT2D eigenvalue weighted by atomic mass is 10.2. The number of aromatic carboxylic acids is 1. The molecule has 1 amide bonds. The van der Waals surface area contributed by atoms with Gasteiger partial charge in [-0.15, -0.1) is 11.8 Å². The fraction of sp³-hybridized carbons (Fsp3) is 0.429. The lowest BCUT2D eigenvalue weighted by Crippen LogP contribution is -2.30. The molecule has 3 N–H and O–H groups in total. The Morgan fingerprint density at radius 1 is 1.38 bits per heavy atom. The van der Waals surface area contributed by atoms with E-state index in [1.807, 2.05) is 0 Å². The molecule has 5 nitrogen and oxygen atoms in total. The molecule has 7 heteroatoms. The van der Waals surface area contributed by atoms with Gasteiger partial charge in [-0.05, 0) is 44.1 Å². The zero-order chi connectivity index (χ0) is 15.2. The van der Waals surface area contributed by atoms with Crippen molar-refractivity contribution < 1.29 is 14.7 Å². The van der Waals surface area contributed by atoms with Crippen LogP contribution in [-0.2, 0) is 4.79 Å². The van der Waals surface area contributed by atoms with E-state index in [2.05, 4.69) is 10.6 Å². The molecule has 1 heterocycles. The summed E-state index contributed by atoms with van der Waals surface area (Å²) in [6.07, 6.45) is 2.14. The van der Waals surface area contributed by atoms with Crippen LogP contribution in [0.2, 0.25) is 5.02 Å². The van der Waals surface area contributed by atoms with Crippen molar-refractivity contribution in [2.45, 2.75) is 18.1 Å². The lowest BCUT2D eigenvalue weighted by molar-refractivity contribution is -0.113. The topological polar surface area (TPSA) is 78.4 Å². The standard InChI is InChI=1S/C14H17ClN2O3S/c15-12-2-1-9(7-11(12)14(19)20)17-13(18)8-21-10-3-5-16-6-4-10/h1-2,7,10,16H,3-6,8H2,(H,17,18)(H,19,20). The van der Waals surface area contributed by atoms with Crippen molar-refractivity contribution in [3.05, 3.63) is 28.8 Å². The fourth-order valence-electron chi connectivity index (χ4n) is 2.12. The summed E-state index contributed by atoms with van der Waals surface area (Å²) < 4.78 is 0. The Kier molecular flexibility index (Phi) is 5.90. The van der Waals surface area contributed by atoms with Gasteiger partial charge in [0.15, 0.2) is 0 Å². The maximum absolute atomic E-state index is 11.9. The molecular weight excluding hydrogens is 312 g/mol. The van der Waals surface area contributed by atoms with Crippen LogP contribution in [0.15, 0.2) is 18.2 Å². The van der Waals surface area contributed by atoms with Crippen LogP contribution in [0.4, 0.5) is 5.69 Å². The van der Waals surface area contributed by atoms with Crippen LogP contribution in [0.5, 0.6) is 0 Å². The number of carbonyl (C=O) groups is 2. The molecule has 0 bridgehead atoms. The molecule has 0 aliphatic carbocycles. The Morgan fingerprint density at radius 2 is 2.10 bits per heavy atom. The number of carboxylic acids is 1. The Hall–Kier alpha value is -1.24. The molecule has 0 atom stereocenters. The largest absolute Gasteiger partial charge is 0.478 e. The minimum atomic E-state index is -1.11. The third kappa shape index (κ3) is 4.91. The van der Waals surface area contributed by atoms with E-state index in [0.29, 0.717) is 16.7 Å². The second kappa shape index (κ2) is 7.68. The minimum absolute atomic E-state index is 0.0134. The van der Waals surface area contributed by atoms with Crippen molar-refractivity contribution in [2.75, 3.05) is 24.2 Å². The number of carbonyl (C=O) groups excluding carboxylic acids is 1. The van der Waals surface area contributed by atoms with E-state index >= 15 is 0 Å². The number of nitrogens with one attached hydrogen (secondary N) is 2. The molecule has 1 fully saturated rings. The van der Waals surface area contributed by atoms with Crippen molar-refractivity contribution in [3.63, 3.8) is 0 Å². The highest BCUT2D eigenvalue weighted by Gasteiger charge is 2.15. The van der Waals surface area contributed by atoms with Gasteiger partial charge in [0.25, 0.3) is 0 Å². The van der Waals surface area contributed by atoms with Crippen LogP contribution >= 0.6 is 23.4 Å². The van der Waals surface area contributed by atoms with Crippen molar-refractivity contribution >= 4 is 40.9 Å². The van der Waals surface area contributed by atoms with Gasteiger partial charge in [-0.25, -0.2) is 4.79 Å². The maximum Gasteiger partial charge on any atom is 0.337 e. The molecule has 21 heavy (non-hydrogen) atoms. The van der Waals surface area contributed by atoms with Crippen LogP contribution in [0.25, 0.3) is 0 Å². The van der Waals surface area contributed by atoms with Gasteiger partial charge < -0.3 is 15.7 Å². The minimum Gasteiger partial charge on any atom is -0.478 e. The van der Waals surface area contributed by atoms with E-state index in [9.17, 15) is 9.59 Å². The molecule has 1 saturated heterocycles. The molecule has 1 aromatic rings. The Balaban J connectivity index is 1.87. The maximum atomic E-state index is 11.9. The number of thioether (sulfide) groups is 1. The molecule has 0 saturated carbocycles. The first-order chi connectivity index (χ1) is 10.1. The number of amides is 1. The van der Waals surface area contributed by atoms with E-state index in [-0.39, 0.29) is 16.5 Å². The summed E-state index contributed by atoms with van der Waals surface area (Å²) in [5, 5.41) is 15.6. The molecule has 0 radical (unpaired) electrons. The van der Waals surface area contributed by atoms with Crippen LogP contribution in [0, 0.1) is 0 Å². The van der Waals surface area contributed by atoms with Crippen LogP contribution < -0.4 is 10.6 Å². The molecule has 1 aliphatic rings. The summed E-state index contributed by atoms with van der Waals surface area (Å²) in [4.78, 5) is 22.9. The second-order valence-corrected chi connectivity index (χ2v) is 6.50. The van der Waals surface area contributed by atoms with Gasteiger partial charge in [0, 0.05) is 10.9 Å². The zero-order valence-electron chi connectivity index (χ0n) is 11.4. The average molecular weight is 329 g/mol. The van der Waals surface area contributed by atoms with Crippen LogP contribution in [0.1, 0.15) is 23.2 Å². The number of hydrogen-bond acceptors (Lipinski definition) is 4. The summed E-state index contributed by atoms with van der Waals surface area (Å²) in [6.45, 7) is 2.00. The summed E-state index contributed by atoms with van der Waals surface area (Å²) in [7, 11) is 0. The molecule has 1 aromatic carbocycles. The molecule has 2 rings (SSSR count). The number of anilines is 1. The number of piperidine rings is 1. The Bertz CT molecular complexity index is 533. The number of carboxylic acid groups (broad SMARTS) is 1. The number of benzene rings is 1. The molecular formula is C14H17ClN2O3S. The third-order valence-electron chi connectivity index (χ3n) is 3.22. The van der Waals surface area contributed by atoms with Crippen molar-refractivity contribution in [2.24, 2.45) is 0 Å². The van der Waals surface area contributed by atoms with E-state index in [1.54, 1.807) is 17.8 Å². The van der Waals surface area contributed by atoms with Gasteiger partial charge in [-0.3, -0.25) is 4.79 Å². The summed E-state index contributed by atoms with van der Waals surface area (Å²) >= 11 is 7.43. The SMILES string of the molecule is O=C(CSC1CCNCC1)Nc1ccc(Cl)c(C(=O)O)c1. The van der Waals surface area contributed by atoms with Crippen molar-refractivity contribution in [3.8, 4) is 0 Å². The number of halogens is 1. The van der Waals surface area contributed by atoms with Crippen LogP contribution in [-0.4, -0.2) is 41.1 Å². The van der Waals surface area contributed by atoms with E-state index in [0.717, 1.165) is 25.9 Å². The Labute approximate surface area is 132 Å². The smallest absolute Gasteiger partial charge is 0.337 e. The molecule has 114 valence electrons. The summed E-state index contributed by atoms with van der Waals surface area (Å²) in [6, 6.07) is 4.44. The predicted octanol–water partition coefficient (Wildman–Crippen LogP) is 2.46. The van der Waals surface area contributed by atoms with Crippen molar-refractivity contribution in [1.29, 1.82) is 0 Å². The lowest BCUT2D eigenvalue weighted by Gasteiger charge is -2.21. The van der Waals surface area contributed by atoms with Gasteiger partial charge in [-0.2, -0.15) is 0 Å². The number of rotatable bonds is 5. The summed E-state index contributed by atoms with van der Waals surface area (Å²) in [5.41, 5.74) is 0.438.